The van der Waals surface area contributed by atoms with Gasteiger partial charge in [-0.15, -0.1) is 0 Å². The maximum atomic E-state index is 12.6. The highest BCUT2D eigenvalue weighted by Gasteiger charge is 2.21. The molecule has 3 rings (SSSR count). The van der Waals surface area contributed by atoms with Crippen molar-refractivity contribution in [2.75, 3.05) is 11.9 Å². The second-order valence-corrected chi connectivity index (χ2v) is 6.25. The van der Waals surface area contributed by atoms with Gasteiger partial charge in [0.25, 0.3) is 11.5 Å². The van der Waals surface area contributed by atoms with Crippen LogP contribution in [-0.2, 0) is 11.3 Å². The average Bonchev–Trinajstić information content (AvgIpc) is 3.12. The summed E-state index contributed by atoms with van der Waals surface area (Å²) in [5, 5.41) is 11.9. The standard InChI is InChI=1S/C17H15ClN4O4/c18-11-4-3-10(7-19)14(6-11)21-15(23)13-8-20-17(25)22(16(13)24)9-12-2-1-5-26-12/h3-4,6,8,12H,1-2,5,9H2,(H,20,25)(H,21,23). The van der Waals surface area contributed by atoms with E-state index in [-0.39, 0.29) is 29.5 Å². The summed E-state index contributed by atoms with van der Waals surface area (Å²) >= 11 is 5.89. The molecule has 1 amide bonds. The van der Waals surface area contributed by atoms with Crippen LogP contribution < -0.4 is 16.6 Å². The summed E-state index contributed by atoms with van der Waals surface area (Å²) < 4.78 is 6.40. The van der Waals surface area contributed by atoms with E-state index in [1.165, 1.54) is 18.2 Å². The Bertz CT molecular complexity index is 999. The lowest BCUT2D eigenvalue weighted by Crippen LogP contribution is -2.41. The van der Waals surface area contributed by atoms with Gasteiger partial charge in [0.1, 0.15) is 11.6 Å². The van der Waals surface area contributed by atoms with Crippen molar-refractivity contribution in [2.45, 2.75) is 25.5 Å². The van der Waals surface area contributed by atoms with Gasteiger partial charge in [0.05, 0.1) is 23.9 Å². The van der Waals surface area contributed by atoms with Crippen molar-refractivity contribution in [1.82, 2.24) is 9.55 Å². The fourth-order valence-corrected chi connectivity index (χ4v) is 2.91. The third-order valence-corrected chi connectivity index (χ3v) is 4.30. The molecule has 0 saturated carbocycles. The number of benzene rings is 1. The first-order valence-electron chi connectivity index (χ1n) is 7.94. The predicted octanol–water partition coefficient (Wildman–Crippen LogP) is 1.49. The first-order valence-corrected chi connectivity index (χ1v) is 8.32. The van der Waals surface area contributed by atoms with E-state index in [1.807, 2.05) is 6.07 Å². The molecule has 8 nitrogen and oxygen atoms in total. The Balaban J connectivity index is 1.91. The quantitative estimate of drug-likeness (QED) is 0.840. The van der Waals surface area contributed by atoms with Gasteiger partial charge in [-0.05, 0) is 31.0 Å². The minimum Gasteiger partial charge on any atom is -0.376 e. The number of halogens is 1. The number of amides is 1. The van der Waals surface area contributed by atoms with Gasteiger partial charge >= 0.3 is 5.69 Å². The number of nitrogens with one attached hydrogen (secondary N) is 2. The van der Waals surface area contributed by atoms with E-state index in [4.69, 9.17) is 21.6 Å². The molecule has 1 aliphatic heterocycles. The van der Waals surface area contributed by atoms with Crippen molar-refractivity contribution in [3.05, 3.63) is 61.4 Å². The molecule has 134 valence electrons. The zero-order chi connectivity index (χ0) is 18.7. The molecular weight excluding hydrogens is 360 g/mol. The van der Waals surface area contributed by atoms with Crippen molar-refractivity contribution in [3.63, 3.8) is 0 Å². The number of anilines is 1. The lowest BCUT2D eigenvalue weighted by molar-refractivity contribution is 0.0941. The van der Waals surface area contributed by atoms with Gasteiger partial charge in [-0.1, -0.05) is 11.6 Å². The van der Waals surface area contributed by atoms with Crippen molar-refractivity contribution >= 4 is 23.2 Å². The number of hydrogen-bond acceptors (Lipinski definition) is 5. The molecule has 1 saturated heterocycles. The van der Waals surface area contributed by atoms with E-state index in [1.54, 1.807) is 0 Å². The fourth-order valence-electron chi connectivity index (χ4n) is 2.74. The zero-order valence-corrected chi connectivity index (χ0v) is 14.4. The number of H-pyrrole nitrogens is 1. The van der Waals surface area contributed by atoms with Gasteiger partial charge < -0.3 is 15.0 Å². The van der Waals surface area contributed by atoms with Crippen LogP contribution in [0.1, 0.15) is 28.8 Å². The smallest absolute Gasteiger partial charge is 0.328 e. The molecule has 0 radical (unpaired) electrons. The largest absolute Gasteiger partial charge is 0.376 e. The Morgan fingerprint density at radius 1 is 1.46 bits per heavy atom. The monoisotopic (exact) mass is 374 g/mol. The molecule has 9 heteroatoms. The number of nitriles is 1. The number of ether oxygens (including phenoxy) is 1. The van der Waals surface area contributed by atoms with Crippen LogP contribution in [0.5, 0.6) is 0 Å². The molecule has 1 aromatic carbocycles. The van der Waals surface area contributed by atoms with E-state index in [0.717, 1.165) is 23.6 Å². The van der Waals surface area contributed by atoms with Crippen LogP contribution in [-0.4, -0.2) is 28.2 Å². The molecule has 1 unspecified atom stereocenters. The second kappa shape index (κ2) is 7.56. The molecular formula is C17H15ClN4O4. The summed E-state index contributed by atoms with van der Waals surface area (Å²) in [4.78, 5) is 39.4. The molecule has 1 aromatic heterocycles. The van der Waals surface area contributed by atoms with Crippen molar-refractivity contribution in [3.8, 4) is 6.07 Å². The van der Waals surface area contributed by atoms with Crippen LogP contribution in [0, 0.1) is 11.3 Å². The Morgan fingerprint density at radius 2 is 2.27 bits per heavy atom. The summed E-state index contributed by atoms with van der Waals surface area (Å²) in [7, 11) is 0. The maximum Gasteiger partial charge on any atom is 0.328 e. The van der Waals surface area contributed by atoms with Crippen LogP contribution >= 0.6 is 11.6 Å². The van der Waals surface area contributed by atoms with Crippen LogP contribution in [0.15, 0.2) is 34.0 Å². The van der Waals surface area contributed by atoms with Gasteiger partial charge in [-0.3, -0.25) is 14.2 Å². The average molecular weight is 375 g/mol. The molecule has 2 heterocycles. The first-order chi connectivity index (χ1) is 12.5. The molecule has 2 aromatic rings. The number of carbonyl (C=O) groups is 1. The Labute approximate surface area is 153 Å². The summed E-state index contributed by atoms with van der Waals surface area (Å²) in [6, 6.07) is 6.32. The second-order valence-electron chi connectivity index (χ2n) is 5.81. The third-order valence-electron chi connectivity index (χ3n) is 4.07. The third kappa shape index (κ3) is 3.69. The maximum absolute atomic E-state index is 12.6. The normalized spacial score (nSPS) is 16.2. The molecule has 1 atom stereocenters. The van der Waals surface area contributed by atoms with Crippen LogP contribution in [0.25, 0.3) is 0 Å². The van der Waals surface area contributed by atoms with Crippen molar-refractivity contribution in [2.24, 2.45) is 0 Å². The number of aromatic nitrogens is 2. The molecule has 0 bridgehead atoms. The van der Waals surface area contributed by atoms with E-state index in [2.05, 4.69) is 10.3 Å². The predicted molar refractivity (Wildman–Crippen MR) is 94.4 cm³/mol. The number of aromatic amines is 1. The van der Waals surface area contributed by atoms with Gasteiger partial charge in [-0.25, -0.2) is 4.79 Å². The lowest BCUT2D eigenvalue weighted by atomic mass is 10.2. The van der Waals surface area contributed by atoms with Gasteiger partial charge in [-0.2, -0.15) is 5.26 Å². The molecule has 0 spiro atoms. The highest BCUT2D eigenvalue weighted by atomic mass is 35.5. The summed E-state index contributed by atoms with van der Waals surface area (Å²) in [6.07, 6.45) is 2.44. The highest BCUT2D eigenvalue weighted by Crippen LogP contribution is 2.20. The number of nitrogens with zero attached hydrogens (tertiary/aromatic N) is 2. The van der Waals surface area contributed by atoms with Crippen molar-refractivity contribution < 1.29 is 9.53 Å². The van der Waals surface area contributed by atoms with Gasteiger partial charge in [0.2, 0.25) is 0 Å². The minimum absolute atomic E-state index is 0.0793. The molecule has 0 aliphatic carbocycles. The van der Waals surface area contributed by atoms with Gasteiger partial charge in [0.15, 0.2) is 0 Å². The topological polar surface area (TPSA) is 117 Å². The summed E-state index contributed by atoms with van der Waals surface area (Å²) in [6.45, 7) is 0.666. The fraction of sp³-hybridized carbons (Fsp3) is 0.294. The Morgan fingerprint density at radius 3 is 2.96 bits per heavy atom. The number of carbonyl (C=O) groups excluding carboxylic acids is 1. The minimum atomic E-state index is -0.744. The lowest BCUT2D eigenvalue weighted by Gasteiger charge is -2.12. The SMILES string of the molecule is N#Cc1ccc(Cl)cc1NC(=O)c1c[nH]c(=O)n(CC2CCCO2)c1=O. The summed E-state index contributed by atoms with van der Waals surface area (Å²) in [5.74, 6) is -0.744. The van der Waals surface area contributed by atoms with Crippen molar-refractivity contribution in [1.29, 1.82) is 5.26 Å². The molecule has 1 aliphatic rings. The van der Waals surface area contributed by atoms with E-state index in [9.17, 15) is 14.4 Å². The highest BCUT2D eigenvalue weighted by molar-refractivity contribution is 6.31. The van der Waals surface area contributed by atoms with Crippen LogP contribution in [0.2, 0.25) is 5.02 Å². The zero-order valence-electron chi connectivity index (χ0n) is 13.6. The first kappa shape index (κ1) is 17.9. The van der Waals surface area contributed by atoms with Crippen LogP contribution in [0.3, 0.4) is 0 Å². The number of hydrogen-bond donors (Lipinski definition) is 2. The summed E-state index contributed by atoms with van der Waals surface area (Å²) in [5.41, 5.74) is -1.19. The van der Waals surface area contributed by atoms with E-state index >= 15 is 0 Å². The number of rotatable bonds is 4. The van der Waals surface area contributed by atoms with E-state index in [0.29, 0.717) is 11.6 Å². The molecule has 2 N–H and O–H groups in total. The molecule has 26 heavy (non-hydrogen) atoms. The van der Waals surface area contributed by atoms with Gasteiger partial charge in [0, 0.05) is 17.8 Å². The van der Waals surface area contributed by atoms with E-state index < -0.39 is 17.2 Å². The Kier molecular flexibility index (Phi) is 5.21. The molecule has 1 fully saturated rings. The van der Waals surface area contributed by atoms with Crippen LogP contribution in [0.4, 0.5) is 5.69 Å². The Hall–Kier alpha value is -2.89.